The molecule has 0 saturated carbocycles. The first-order valence-corrected chi connectivity index (χ1v) is 11.2. The third-order valence-corrected chi connectivity index (χ3v) is 6.02. The topological polar surface area (TPSA) is 130 Å². The maximum atomic E-state index is 12.8. The van der Waals surface area contributed by atoms with Gasteiger partial charge in [0.1, 0.15) is 0 Å². The van der Waals surface area contributed by atoms with Crippen LogP contribution in [0.5, 0.6) is 0 Å². The molecule has 0 aliphatic rings. The predicted molar refractivity (Wildman–Crippen MR) is 124 cm³/mol. The second-order valence-electron chi connectivity index (χ2n) is 7.26. The lowest BCUT2D eigenvalue weighted by Gasteiger charge is -2.15. The van der Waals surface area contributed by atoms with Gasteiger partial charge in [0.25, 0.3) is 15.7 Å². The number of amides is 2. The average Bonchev–Trinajstić information content (AvgIpc) is 2.75. The fraction of sp³-hybridized carbons (Fsp3) is 0.136. The molecular weight excluding hydrogens is 432 g/mol. The Bertz CT molecular complexity index is 1220. The highest BCUT2D eigenvalue weighted by atomic mass is 32.2. The van der Waals surface area contributed by atoms with E-state index in [9.17, 15) is 23.3 Å². The molecule has 0 unspecified atom stereocenters. The van der Waals surface area contributed by atoms with Gasteiger partial charge >= 0.3 is 6.03 Å². The Morgan fingerprint density at radius 3 is 1.88 bits per heavy atom. The summed E-state index contributed by atoms with van der Waals surface area (Å²) in [7, 11) is -3.77. The van der Waals surface area contributed by atoms with Crippen LogP contribution in [-0.2, 0) is 10.0 Å². The number of hydrogen-bond donors (Lipinski definition) is 3. The van der Waals surface area contributed by atoms with Gasteiger partial charge in [-0.05, 0) is 53.9 Å². The van der Waals surface area contributed by atoms with Crippen LogP contribution >= 0.6 is 0 Å². The summed E-state index contributed by atoms with van der Waals surface area (Å²) in [5, 5.41) is 15.9. The molecule has 3 aromatic rings. The minimum atomic E-state index is -3.77. The Morgan fingerprint density at radius 2 is 1.34 bits per heavy atom. The molecule has 9 nitrogen and oxygen atoms in total. The Hall–Kier alpha value is -3.92. The van der Waals surface area contributed by atoms with Crippen molar-refractivity contribution in [2.24, 2.45) is 0 Å². The Balaban J connectivity index is 1.65. The van der Waals surface area contributed by atoms with Gasteiger partial charge in [0.05, 0.1) is 9.82 Å². The van der Waals surface area contributed by atoms with E-state index in [2.05, 4.69) is 15.4 Å². The lowest BCUT2D eigenvalue weighted by atomic mass is 10.0. The van der Waals surface area contributed by atoms with E-state index in [0.717, 1.165) is 5.56 Å². The molecule has 166 valence electrons. The van der Waals surface area contributed by atoms with E-state index >= 15 is 0 Å². The van der Waals surface area contributed by atoms with Crippen molar-refractivity contribution in [1.82, 2.24) is 0 Å². The minimum absolute atomic E-state index is 0.0450. The summed E-state index contributed by atoms with van der Waals surface area (Å²) in [5.74, 6) is 0.0450. The average molecular weight is 455 g/mol. The zero-order valence-corrected chi connectivity index (χ0v) is 18.2. The van der Waals surface area contributed by atoms with Crippen molar-refractivity contribution in [1.29, 1.82) is 0 Å². The summed E-state index contributed by atoms with van der Waals surface area (Å²) in [4.78, 5) is 22.5. The number of nitrogens with zero attached hydrogens (tertiary/aromatic N) is 1. The van der Waals surface area contributed by atoms with Crippen LogP contribution in [0.2, 0.25) is 0 Å². The normalized spacial score (nSPS) is 11.1. The third-order valence-electron chi connectivity index (χ3n) is 4.56. The molecule has 2 amide bonds. The van der Waals surface area contributed by atoms with Crippen LogP contribution < -0.4 is 15.4 Å². The van der Waals surface area contributed by atoms with Gasteiger partial charge in [-0.2, -0.15) is 0 Å². The number of anilines is 3. The van der Waals surface area contributed by atoms with Gasteiger partial charge in [-0.25, -0.2) is 13.2 Å². The van der Waals surface area contributed by atoms with Crippen molar-refractivity contribution in [3.05, 3.63) is 88.5 Å². The van der Waals surface area contributed by atoms with E-state index in [4.69, 9.17) is 0 Å². The number of nitro groups is 1. The molecule has 3 N–H and O–H groups in total. The molecule has 0 atom stereocenters. The number of carbonyl (C=O) groups excluding carboxylic acids is 1. The first kappa shape index (κ1) is 22.8. The van der Waals surface area contributed by atoms with Crippen molar-refractivity contribution in [3.8, 4) is 0 Å². The largest absolute Gasteiger partial charge is 0.323 e. The van der Waals surface area contributed by atoms with Crippen molar-refractivity contribution >= 4 is 38.8 Å². The van der Waals surface area contributed by atoms with Crippen molar-refractivity contribution in [2.45, 2.75) is 24.7 Å². The summed E-state index contributed by atoms with van der Waals surface area (Å²) in [5.41, 5.74) is 1.83. The standard InChI is InChI=1S/C22H22N4O5S/c1-15(2)20-5-3-4-6-21(20)32(30,31)25-18-9-7-16(8-10-18)23-22(27)24-17-11-13-19(14-12-17)26(28)29/h3-15,25H,1-2H3,(H2,23,24,27). The smallest absolute Gasteiger partial charge is 0.308 e. The first-order valence-electron chi connectivity index (χ1n) is 9.70. The Labute approximate surface area is 185 Å². The SMILES string of the molecule is CC(C)c1ccccc1S(=O)(=O)Nc1ccc(NC(=O)Nc2ccc([N+](=O)[O-])cc2)cc1. The van der Waals surface area contributed by atoms with Gasteiger partial charge in [-0.3, -0.25) is 14.8 Å². The maximum Gasteiger partial charge on any atom is 0.323 e. The Kier molecular flexibility index (Phi) is 6.74. The highest BCUT2D eigenvalue weighted by Gasteiger charge is 2.19. The number of hydrogen-bond acceptors (Lipinski definition) is 5. The van der Waals surface area contributed by atoms with Crippen molar-refractivity contribution in [2.75, 3.05) is 15.4 Å². The molecule has 3 aromatic carbocycles. The van der Waals surface area contributed by atoms with Crippen LogP contribution in [0.15, 0.2) is 77.7 Å². The lowest BCUT2D eigenvalue weighted by Crippen LogP contribution is -2.19. The zero-order chi connectivity index (χ0) is 23.3. The summed E-state index contributed by atoms with van der Waals surface area (Å²) < 4.78 is 28.2. The fourth-order valence-corrected chi connectivity index (χ4v) is 4.42. The predicted octanol–water partition coefficient (Wildman–Crippen LogP) is 5.16. The van der Waals surface area contributed by atoms with Crippen LogP contribution in [0, 0.1) is 10.1 Å². The van der Waals surface area contributed by atoms with Crippen molar-refractivity contribution in [3.63, 3.8) is 0 Å². The number of nitrogens with one attached hydrogen (secondary N) is 3. The van der Waals surface area contributed by atoms with Crippen LogP contribution in [0.1, 0.15) is 25.3 Å². The molecule has 0 aromatic heterocycles. The number of benzene rings is 3. The summed E-state index contributed by atoms with van der Waals surface area (Å²) in [6.07, 6.45) is 0. The Morgan fingerprint density at radius 1 is 0.844 bits per heavy atom. The van der Waals surface area contributed by atoms with Crippen LogP contribution in [-0.4, -0.2) is 19.4 Å². The van der Waals surface area contributed by atoms with E-state index < -0.39 is 21.0 Å². The van der Waals surface area contributed by atoms with Gasteiger partial charge in [-0.1, -0.05) is 32.0 Å². The van der Waals surface area contributed by atoms with Gasteiger partial charge in [0, 0.05) is 29.2 Å². The van der Waals surface area contributed by atoms with Gasteiger partial charge in [0.15, 0.2) is 0 Å². The van der Waals surface area contributed by atoms with Gasteiger partial charge < -0.3 is 10.6 Å². The number of sulfonamides is 1. The van der Waals surface area contributed by atoms with Crippen molar-refractivity contribution < 1.29 is 18.1 Å². The minimum Gasteiger partial charge on any atom is -0.308 e. The van der Waals surface area contributed by atoms with E-state index in [1.54, 1.807) is 36.4 Å². The zero-order valence-electron chi connectivity index (χ0n) is 17.4. The molecule has 32 heavy (non-hydrogen) atoms. The lowest BCUT2D eigenvalue weighted by molar-refractivity contribution is -0.384. The molecule has 0 bridgehead atoms. The van der Waals surface area contributed by atoms with E-state index in [-0.39, 0.29) is 16.5 Å². The quantitative estimate of drug-likeness (QED) is 0.335. The molecule has 0 heterocycles. The van der Waals surface area contributed by atoms with Gasteiger partial charge in [0.2, 0.25) is 0 Å². The maximum absolute atomic E-state index is 12.8. The van der Waals surface area contributed by atoms with E-state index in [1.165, 1.54) is 36.4 Å². The van der Waals surface area contributed by atoms with Crippen LogP contribution in [0.25, 0.3) is 0 Å². The van der Waals surface area contributed by atoms with Gasteiger partial charge in [-0.15, -0.1) is 0 Å². The highest BCUT2D eigenvalue weighted by molar-refractivity contribution is 7.92. The molecule has 0 radical (unpaired) electrons. The molecule has 0 spiro atoms. The summed E-state index contributed by atoms with van der Waals surface area (Å²) in [6.45, 7) is 3.85. The first-order chi connectivity index (χ1) is 15.2. The van der Waals surface area contributed by atoms with E-state index in [1.807, 2.05) is 13.8 Å². The summed E-state index contributed by atoms with van der Waals surface area (Å²) >= 11 is 0. The number of carbonyl (C=O) groups is 1. The molecule has 0 fully saturated rings. The number of non-ortho nitro benzene ring substituents is 1. The van der Waals surface area contributed by atoms with Crippen LogP contribution in [0.3, 0.4) is 0 Å². The molecule has 0 aliphatic carbocycles. The number of rotatable bonds is 7. The number of urea groups is 1. The third kappa shape index (κ3) is 5.61. The molecule has 10 heteroatoms. The van der Waals surface area contributed by atoms with E-state index in [0.29, 0.717) is 17.1 Å². The second kappa shape index (κ2) is 9.48. The summed E-state index contributed by atoms with van der Waals surface area (Å²) in [6, 6.07) is 17.9. The molecule has 0 saturated heterocycles. The second-order valence-corrected chi connectivity index (χ2v) is 8.91. The monoisotopic (exact) mass is 454 g/mol. The van der Waals surface area contributed by atoms with Crippen LogP contribution in [0.4, 0.5) is 27.5 Å². The highest BCUT2D eigenvalue weighted by Crippen LogP contribution is 2.26. The molecular formula is C22H22N4O5S. The number of nitro benzene ring substituents is 1. The fourth-order valence-electron chi connectivity index (χ4n) is 2.99. The molecule has 0 aliphatic heterocycles. The molecule has 3 rings (SSSR count).